The lowest BCUT2D eigenvalue weighted by molar-refractivity contribution is -0.122. The molecule has 2 aromatic carbocycles. The first-order chi connectivity index (χ1) is 9.59. The molecule has 1 amide bonds. The SMILES string of the molecule is CN1C(=O)C(C)(CN=[N+]=[N-])c2ccc3ccccc3c21. The van der Waals surface area contributed by atoms with Crippen LogP contribution < -0.4 is 4.90 Å². The van der Waals surface area contributed by atoms with Gasteiger partial charge in [-0.2, -0.15) is 0 Å². The van der Waals surface area contributed by atoms with E-state index in [1.54, 1.807) is 11.9 Å². The number of hydrogen-bond acceptors (Lipinski definition) is 2. The topological polar surface area (TPSA) is 69.1 Å². The molecule has 100 valence electrons. The van der Waals surface area contributed by atoms with Crippen molar-refractivity contribution in [3.63, 3.8) is 0 Å². The van der Waals surface area contributed by atoms with Crippen molar-refractivity contribution in [3.8, 4) is 0 Å². The van der Waals surface area contributed by atoms with Gasteiger partial charge in [0.2, 0.25) is 5.91 Å². The van der Waals surface area contributed by atoms with Gasteiger partial charge < -0.3 is 4.90 Å². The molecular formula is C15H14N4O. The van der Waals surface area contributed by atoms with Crippen LogP contribution in [0.2, 0.25) is 0 Å². The first-order valence-corrected chi connectivity index (χ1v) is 6.41. The monoisotopic (exact) mass is 266 g/mol. The van der Waals surface area contributed by atoms with E-state index in [2.05, 4.69) is 10.0 Å². The number of nitrogens with zero attached hydrogens (tertiary/aromatic N) is 4. The highest BCUT2D eigenvalue weighted by Crippen LogP contribution is 2.45. The zero-order valence-corrected chi connectivity index (χ0v) is 11.4. The molecule has 0 radical (unpaired) electrons. The lowest BCUT2D eigenvalue weighted by Crippen LogP contribution is -2.38. The van der Waals surface area contributed by atoms with Gasteiger partial charge in [0.25, 0.3) is 0 Å². The van der Waals surface area contributed by atoms with Crippen molar-refractivity contribution in [3.05, 3.63) is 52.4 Å². The molecule has 5 nitrogen and oxygen atoms in total. The summed E-state index contributed by atoms with van der Waals surface area (Å²) in [6, 6.07) is 11.9. The van der Waals surface area contributed by atoms with E-state index in [0.29, 0.717) is 0 Å². The van der Waals surface area contributed by atoms with E-state index in [1.807, 2.05) is 43.3 Å². The zero-order chi connectivity index (χ0) is 14.3. The molecule has 0 spiro atoms. The Balaban J connectivity index is 2.31. The van der Waals surface area contributed by atoms with Gasteiger partial charge in [0, 0.05) is 23.9 Å². The van der Waals surface area contributed by atoms with Gasteiger partial charge in [-0.1, -0.05) is 41.5 Å². The molecule has 0 saturated carbocycles. The number of azide groups is 1. The Bertz CT molecular complexity index is 764. The van der Waals surface area contributed by atoms with Crippen molar-refractivity contribution < 1.29 is 4.79 Å². The molecule has 1 atom stereocenters. The quantitative estimate of drug-likeness (QED) is 0.466. The van der Waals surface area contributed by atoms with E-state index in [9.17, 15) is 4.79 Å². The molecule has 1 aliphatic rings. The van der Waals surface area contributed by atoms with Crippen LogP contribution in [0.5, 0.6) is 0 Å². The van der Waals surface area contributed by atoms with Gasteiger partial charge in [-0.3, -0.25) is 4.79 Å². The third-order valence-electron chi connectivity index (χ3n) is 4.06. The third kappa shape index (κ3) is 1.50. The van der Waals surface area contributed by atoms with Gasteiger partial charge in [0.1, 0.15) is 0 Å². The minimum absolute atomic E-state index is 0.0312. The molecule has 2 aromatic rings. The molecule has 1 heterocycles. The Morgan fingerprint density at radius 1 is 1.30 bits per heavy atom. The van der Waals surface area contributed by atoms with E-state index in [4.69, 9.17) is 5.53 Å². The molecule has 3 rings (SSSR count). The van der Waals surface area contributed by atoms with Gasteiger partial charge in [0.05, 0.1) is 11.1 Å². The minimum Gasteiger partial charge on any atom is -0.314 e. The lowest BCUT2D eigenvalue weighted by Gasteiger charge is -2.20. The van der Waals surface area contributed by atoms with E-state index >= 15 is 0 Å². The standard InChI is InChI=1S/C15H14N4O/c1-15(9-17-18-16)12-8-7-10-5-3-4-6-11(10)13(12)19(2)14(15)20/h3-8H,9H2,1-2H3. The maximum Gasteiger partial charge on any atom is 0.237 e. The lowest BCUT2D eigenvalue weighted by atomic mass is 9.83. The van der Waals surface area contributed by atoms with Gasteiger partial charge in [-0.15, -0.1) is 0 Å². The number of benzene rings is 2. The Morgan fingerprint density at radius 3 is 2.80 bits per heavy atom. The van der Waals surface area contributed by atoms with Crippen molar-refractivity contribution in [2.24, 2.45) is 5.11 Å². The van der Waals surface area contributed by atoms with Crippen molar-refractivity contribution >= 4 is 22.4 Å². The van der Waals surface area contributed by atoms with E-state index in [-0.39, 0.29) is 12.5 Å². The summed E-state index contributed by atoms with van der Waals surface area (Å²) < 4.78 is 0. The molecule has 0 fully saturated rings. The number of carbonyl (C=O) groups excluding carboxylic acids is 1. The van der Waals surface area contributed by atoms with Crippen LogP contribution in [-0.2, 0) is 10.2 Å². The average Bonchev–Trinajstić information content (AvgIpc) is 2.68. The van der Waals surface area contributed by atoms with E-state index < -0.39 is 5.41 Å². The van der Waals surface area contributed by atoms with Crippen LogP contribution in [0.25, 0.3) is 21.2 Å². The summed E-state index contributed by atoms with van der Waals surface area (Å²) >= 11 is 0. The Kier molecular flexibility index (Phi) is 2.66. The van der Waals surface area contributed by atoms with Crippen LogP contribution in [0.4, 0.5) is 5.69 Å². The van der Waals surface area contributed by atoms with Crippen LogP contribution >= 0.6 is 0 Å². The number of fused-ring (bicyclic) bond motifs is 3. The summed E-state index contributed by atoms with van der Waals surface area (Å²) in [6.07, 6.45) is 0. The van der Waals surface area contributed by atoms with Crippen molar-refractivity contribution in [1.29, 1.82) is 0 Å². The summed E-state index contributed by atoms with van der Waals surface area (Å²) in [5.41, 5.74) is 9.62. The fraction of sp³-hybridized carbons (Fsp3) is 0.267. The third-order valence-corrected chi connectivity index (χ3v) is 4.06. The molecule has 0 bridgehead atoms. The van der Waals surface area contributed by atoms with Crippen LogP contribution in [-0.4, -0.2) is 19.5 Å². The molecule has 5 heteroatoms. The number of carbonyl (C=O) groups is 1. The summed E-state index contributed by atoms with van der Waals surface area (Å²) in [5, 5.41) is 5.77. The fourth-order valence-corrected chi connectivity index (χ4v) is 2.97. The van der Waals surface area contributed by atoms with Crippen LogP contribution in [0, 0.1) is 0 Å². The van der Waals surface area contributed by atoms with Gasteiger partial charge in [-0.05, 0) is 23.4 Å². The van der Waals surface area contributed by atoms with Crippen LogP contribution in [0.3, 0.4) is 0 Å². The molecule has 0 aromatic heterocycles. The Morgan fingerprint density at radius 2 is 2.05 bits per heavy atom. The fourth-order valence-electron chi connectivity index (χ4n) is 2.97. The first-order valence-electron chi connectivity index (χ1n) is 6.41. The van der Waals surface area contributed by atoms with E-state index in [1.165, 1.54) is 0 Å². The second kappa shape index (κ2) is 4.25. The highest BCUT2D eigenvalue weighted by molar-refractivity contribution is 6.14. The predicted octanol–water partition coefficient (Wildman–Crippen LogP) is 3.38. The van der Waals surface area contributed by atoms with Gasteiger partial charge >= 0.3 is 0 Å². The number of hydrogen-bond donors (Lipinski definition) is 0. The van der Waals surface area contributed by atoms with Crippen LogP contribution in [0.15, 0.2) is 41.5 Å². The molecule has 0 N–H and O–H groups in total. The first kappa shape index (κ1) is 12.5. The smallest absolute Gasteiger partial charge is 0.237 e. The highest BCUT2D eigenvalue weighted by Gasteiger charge is 2.46. The molecule has 0 aliphatic carbocycles. The van der Waals surface area contributed by atoms with Gasteiger partial charge in [0.15, 0.2) is 0 Å². The largest absolute Gasteiger partial charge is 0.314 e. The number of amides is 1. The maximum absolute atomic E-state index is 12.6. The second-order valence-corrected chi connectivity index (χ2v) is 5.27. The van der Waals surface area contributed by atoms with Gasteiger partial charge in [-0.25, -0.2) is 0 Å². The normalized spacial score (nSPS) is 20.9. The average molecular weight is 266 g/mol. The maximum atomic E-state index is 12.6. The minimum atomic E-state index is -0.777. The van der Waals surface area contributed by atoms with Crippen molar-refractivity contribution in [2.45, 2.75) is 12.3 Å². The highest BCUT2D eigenvalue weighted by atomic mass is 16.2. The summed E-state index contributed by atoms with van der Waals surface area (Å²) in [6.45, 7) is 1.97. The Labute approximate surface area is 116 Å². The van der Waals surface area contributed by atoms with E-state index in [0.717, 1.165) is 22.0 Å². The molecular weight excluding hydrogens is 252 g/mol. The Hall–Kier alpha value is -2.52. The summed E-state index contributed by atoms with van der Waals surface area (Å²) in [7, 11) is 1.77. The summed E-state index contributed by atoms with van der Waals surface area (Å²) in [5.74, 6) is -0.0312. The predicted molar refractivity (Wildman–Crippen MR) is 78.7 cm³/mol. The number of anilines is 1. The van der Waals surface area contributed by atoms with Crippen molar-refractivity contribution in [1.82, 2.24) is 0 Å². The molecule has 20 heavy (non-hydrogen) atoms. The molecule has 0 saturated heterocycles. The zero-order valence-electron chi connectivity index (χ0n) is 11.4. The van der Waals surface area contributed by atoms with Crippen LogP contribution in [0.1, 0.15) is 12.5 Å². The summed E-state index contributed by atoms with van der Waals surface area (Å²) in [4.78, 5) is 17.0. The second-order valence-electron chi connectivity index (χ2n) is 5.27. The number of likely N-dealkylation sites (N-methyl/N-ethyl adjacent to an activating group) is 1. The van der Waals surface area contributed by atoms with Crippen molar-refractivity contribution in [2.75, 3.05) is 18.5 Å². The molecule has 1 aliphatic heterocycles. The number of rotatable bonds is 2. The molecule has 1 unspecified atom stereocenters.